The van der Waals surface area contributed by atoms with Crippen molar-refractivity contribution in [3.63, 3.8) is 0 Å². The van der Waals surface area contributed by atoms with Crippen LogP contribution in [0.25, 0.3) is 11.1 Å². The minimum Gasteiger partial charge on any atom is -0.478 e. The van der Waals surface area contributed by atoms with Gasteiger partial charge in [-0.15, -0.1) is 0 Å². The Morgan fingerprint density at radius 1 is 1.19 bits per heavy atom. The summed E-state index contributed by atoms with van der Waals surface area (Å²) in [5.41, 5.74) is 2.38. The maximum Gasteiger partial charge on any atom is 0.335 e. The topological polar surface area (TPSA) is 79.6 Å². The van der Waals surface area contributed by atoms with Gasteiger partial charge in [0.15, 0.2) is 0 Å². The van der Waals surface area contributed by atoms with Crippen LogP contribution in [-0.2, 0) is 16.2 Å². The molecule has 27 heavy (non-hydrogen) atoms. The van der Waals surface area contributed by atoms with Crippen molar-refractivity contribution in [3.05, 3.63) is 58.9 Å². The number of carboxylic acids is 1. The molecular weight excluding hydrogens is 349 g/mol. The normalized spacial score (nSPS) is 13.2. The van der Waals surface area contributed by atoms with Crippen LogP contribution in [0.5, 0.6) is 0 Å². The summed E-state index contributed by atoms with van der Waals surface area (Å²) < 4.78 is 13.8. The van der Waals surface area contributed by atoms with Crippen LogP contribution in [0.15, 0.2) is 36.4 Å². The Morgan fingerprint density at radius 2 is 1.89 bits per heavy atom. The average molecular weight is 371 g/mol. The van der Waals surface area contributed by atoms with Gasteiger partial charge < -0.3 is 5.11 Å². The first kappa shape index (κ1) is 20.6. The van der Waals surface area contributed by atoms with Crippen molar-refractivity contribution in [1.82, 2.24) is 0 Å². The average Bonchev–Trinajstić information content (AvgIpc) is 2.70. The zero-order valence-corrected chi connectivity index (χ0v) is 15.2. The van der Waals surface area contributed by atoms with Gasteiger partial charge in [0, 0.05) is 0 Å². The van der Waals surface area contributed by atoms with Crippen LogP contribution in [0.4, 0.5) is 4.39 Å². The van der Waals surface area contributed by atoms with Crippen LogP contribution < -0.4 is 0 Å². The lowest BCUT2D eigenvalue weighted by atomic mass is 9.94. The second-order valence-corrected chi connectivity index (χ2v) is 6.08. The summed E-state index contributed by atoms with van der Waals surface area (Å²) in [4.78, 5) is 20.2. The lowest BCUT2D eigenvalue weighted by Gasteiger charge is -2.11. The molecule has 2 aromatic carbocycles. The number of halogens is 1. The molecular formula is C21H22FNO4. The molecule has 1 heterocycles. The Kier molecular flexibility index (Phi) is 7.93. The number of benzene rings is 2. The Balaban J connectivity index is 0.000000369. The molecule has 0 unspecified atom stereocenters. The number of aryl methyl sites for hydroxylation is 1. The van der Waals surface area contributed by atoms with Crippen molar-refractivity contribution in [2.45, 2.75) is 32.6 Å². The molecule has 1 fully saturated rings. The van der Waals surface area contributed by atoms with Crippen LogP contribution in [0, 0.1) is 17.1 Å². The molecule has 0 radical (unpaired) electrons. The number of carbonyl (C=O) groups is 1. The molecule has 0 spiro atoms. The third-order valence-electron chi connectivity index (χ3n) is 4.07. The highest BCUT2D eigenvalue weighted by Crippen LogP contribution is 2.28. The van der Waals surface area contributed by atoms with Crippen LogP contribution in [0.2, 0.25) is 0 Å². The summed E-state index contributed by atoms with van der Waals surface area (Å²) in [7, 11) is 0. The highest BCUT2D eigenvalue weighted by atomic mass is 19.1. The molecule has 6 heteroatoms. The van der Waals surface area contributed by atoms with E-state index in [2.05, 4.69) is 9.78 Å². The predicted octanol–water partition coefficient (Wildman–Crippen LogP) is 4.74. The van der Waals surface area contributed by atoms with Gasteiger partial charge in [-0.05, 0) is 60.2 Å². The van der Waals surface area contributed by atoms with E-state index in [-0.39, 0.29) is 11.1 Å². The van der Waals surface area contributed by atoms with Crippen molar-refractivity contribution in [2.24, 2.45) is 0 Å². The van der Waals surface area contributed by atoms with Gasteiger partial charge >= 0.3 is 5.97 Å². The molecule has 0 bridgehead atoms. The number of rotatable bonds is 4. The van der Waals surface area contributed by atoms with Gasteiger partial charge in [-0.1, -0.05) is 25.5 Å². The highest BCUT2D eigenvalue weighted by molar-refractivity contribution is 5.90. The summed E-state index contributed by atoms with van der Waals surface area (Å²) in [6.45, 7) is 3.58. The number of nitrogens with zero attached hydrogens (tertiary/aromatic N) is 1. The molecule has 1 aliphatic heterocycles. The molecule has 1 N–H and O–H groups in total. The van der Waals surface area contributed by atoms with E-state index < -0.39 is 11.8 Å². The standard InChI is InChI=1S/C17H14FNO2.C4H8O2/c1-2-3-11-4-6-13(17(20)21)8-15(11)12-5-7-14(10-19)16(18)9-12;1-2-4-6-5-3-1/h4-9H,2-3H2,1H3,(H,20,21);1-4H2. The van der Waals surface area contributed by atoms with Gasteiger partial charge in [-0.2, -0.15) is 5.26 Å². The molecule has 142 valence electrons. The largest absolute Gasteiger partial charge is 0.478 e. The highest BCUT2D eigenvalue weighted by Gasteiger charge is 2.12. The Morgan fingerprint density at radius 3 is 2.37 bits per heavy atom. The molecule has 1 saturated heterocycles. The van der Waals surface area contributed by atoms with E-state index in [1.165, 1.54) is 12.1 Å². The molecule has 3 rings (SSSR count). The predicted molar refractivity (Wildman–Crippen MR) is 98.6 cm³/mol. The summed E-state index contributed by atoms with van der Waals surface area (Å²) >= 11 is 0. The Bertz CT molecular complexity index is 814. The number of hydrogen-bond acceptors (Lipinski definition) is 4. The van der Waals surface area contributed by atoms with Crippen molar-refractivity contribution >= 4 is 5.97 Å². The summed E-state index contributed by atoms with van der Waals surface area (Å²) in [6, 6.07) is 11.0. The Hall–Kier alpha value is -2.75. The van der Waals surface area contributed by atoms with Crippen molar-refractivity contribution in [1.29, 1.82) is 5.26 Å². The first-order valence-corrected chi connectivity index (χ1v) is 8.87. The quantitative estimate of drug-likeness (QED) is 0.785. The molecule has 1 aliphatic rings. The molecule has 0 saturated carbocycles. The van der Waals surface area contributed by atoms with E-state index in [0.29, 0.717) is 11.1 Å². The van der Waals surface area contributed by atoms with Crippen molar-refractivity contribution < 1.29 is 24.1 Å². The van der Waals surface area contributed by atoms with E-state index in [1.807, 2.05) is 6.92 Å². The van der Waals surface area contributed by atoms with Gasteiger partial charge in [-0.3, -0.25) is 0 Å². The molecule has 5 nitrogen and oxygen atoms in total. The maximum absolute atomic E-state index is 13.8. The van der Waals surface area contributed by atoms with Gasteiger partial charge in [-0.25, -0.2) is 19.0 Å². The maximum atomic E-state index is 13.8. The molecule has 0 aliphatic carbocycles. The van der Waals surface area contributed by atoms with E-state index >= 15 is 0 Å². The van der Waals surface area contributed by atoms with E-state index in [4.69, 9.17) is 10.4 Å². The number of nitriles is 1. The van der Waals surface area contributed by atoms with Gasteiger partial charge in [0.05, 0.1) is 24.3 Å². The van der Waals surface area contributed by atoms with Gasteiger partial charge in [0.25, 0.3) is 0 Å². The SMILES string of the molecule is C1CCOOC1.CCCc1ccc(C(=O)O)cc1-c1ccc(C#N)c(F)c1. The molecule has 2 aromatic rings. The van der Waals surface area contributed by atoms with E-state index in [0.717, 1.165) is 44.5 Å². The number of carboxylic acid groups (broad SMARTS) is 1. The van der Waals surface area contributed by atoms with Crippen molar-refractivity contribution in [2.75, 3.05) is 13.2 Å². The summed E-state index contributed by atoms with van der Waals surface area (Å²) in [5, 5.41) is 17.9. The van der Waals surface area contributed by atoms with E-state index in [1.54, 1.807) is 30.3 Å². The van der Waals surface area contributed by atoms with Gasteiger partial charge in [0.2, 0.25) is 0 Å². The van der Waals surface area contributed by atoms with Gasteiger partial charge in [0.1, 0.15) is 11.9 Å². The molecule has 0 amide bonds. The van der Waals surface area contributed by atoms with Crippen LogP contribution in [-0.4, -0.2) is 24.3 Å². The third kappa shape index (κ3) is 5.88. The fourth-order valence-corrected chi connectivity index (χ4v) is 2.68. The zero-order chi connectivity index (χ0) is 19.6. The number of aromatic carboxylic acids is 1. The third-order valence-corrected chi connectivity index (χ3v) is 4.07. The van der Waals surface area contributed by atoms with Crippen molar-refractivity contribution in [3.8, 4) is 17.2 Å². The first-order chi connectivity index (χ1) is 13.1. The van der Waals surface area contributed by atoms with E-state index in [9.17, 15) is 9.18 Å². The van der Waals surface area contributed by atoms with Crippen LogP contribution in [0.3, 0.4) is 0 Å². The second kappa shape index (κ2) is 10.4. The minimum atomic E-state index is -1.02. The fourth-order valence-electron chi connectivity index (χ4n) is 2.68. The fraction of sp³-hybridized carbons (Fsp3) is 0.333. The second-order valence-electron chi connectivity index (χ2n) is 6.08. The lowest BCUT2D eigenvalue weighted by Crippen LogP contribution is -2.05. The van der Waals surface area contributed by atoms with Crippen LogP contribution in [0.1, 0.15) is 47.7 Å². The molecule has 0 aromatic heterocycles. The lowest BCUT2D eigenvalue weighted by molar-refractivity contribution is -0.312. The minimum absolute atomic E-state index is 0.0230. The molecule has 0 atom stereocenters. The summed E-state index contributed by atoms with van der Waals surface area (Å²) in [6.07, 6.45) is 3.98. The Labute approximate surface area is 157 Å². The number of hydrogen-bond donors (Lipinski definition) is 1. The zero-order valence-electron chi connectivity index (χ0n) is 15.2. The first-order valence-electron chi connectivity index (χ1n) is 8.87. The van der Waals surface area contributed by atoms with Crippen LogP contribution >= 0.6 is 0 Å². The summed E-state index contributed by atoms with van der Waals surface area (Å²) in [5.74, 6) is -1.62. The monoisotopic (exact) mass is 371 g/mol. The smallest absolute Gasteiger partial charge is 0.335 e.